The number of carboxylic acid groups (broad SMARTS) is 1. The van der Waals surface area contributed by atoms with Crippen LogP contribution >= 0.6 is 11.6 Å². The van der Waals surface area contributed by atoms with Crippen molar-refractivity contribution in [1.29, 1.82) is 0 Å². The molecule has 0 aromatic heterocycles. The molecule has 90 valence electrons. The fraction of sp³-hybridized carbons (Fsp3) is 0.600. The smallest absolute Gasteiger partial charge is 0.326 e. The molecule has 6 heteroatoms. The first-order valence-electron chi connectivity index (χ1n) is 4.90. The Bertz CT molecular complexity index is 307. The number of likely N-dealkylation sites (tertiary alicyclic amines) is 1. The summed E-state index contributed by atoms with van der Waals surface area (Å²) in [4.78, 5) is 23.6. The lowest BCUT2D eigenvalue weighted by Gasteiger charge is -2.23. The molecule has 2 unspecified atom stereocenters. The maximum atomic E-state index is 11.4. The quantitative estimate of drug-likeness (QED) is 0.545. The number of carboxylic acids is 1. The van der Waals surface area contributed by atoms with E-state index in [1.165, 1.54) is 0 Å². The third-order valence-electron chi connectivity index (χ3n) is 2.75. The topological polar surface area (TPSA) is 77.8 Å². The van der Waals surface area contributed by atoms with Gasteiger partial charge in [-0.1, -0.05) is 6.08 Å². The molecule has 0 aliphatic carbocycles. The van der Waals surface area contributed by atoms with Crippen LogP contribution in [0.5, 0.6) is 0 Å². The number of carbonyl (C=O) groups is 2. The van der Waals surface area contributed by atoms with E-state index in [0.717, 1.165) is 4.90 Å². The standard InChI is InChI=1S/C10H14ClNO4/c1-2-3-6-7(13)5-12(8(14)4-11)9(6)10(15)16/h2,6-7,9,13H,1,3-5H2,(H,15,16)/t6?,7?,9-/m1/s1. The van der Waals surface area contributed by atoms with Crippen LogP contribution < -0.4 is 0 Å². The molecule has 1 heterocycles. The molecule has 0 bridgehead atoms. The zero-order chi connectivity index (χ0) is 12.3. The zero-order valence-electron chi connectivity index (χ0n) is 8.67. The number of hydrogen-bond donors (Lipinski definition) is 2. The van der Waals surface area contributed by atoms with Crippen LogP contribution in [0.15, 0.2) is 12.7 Å². The van der Waals surface area contributed by atoms with E-state index in [2.05, 4.69) is 6.58 Å². The van der Waals surface area contributed by atoms with Gasteiger partial charge in [0.1, 0.15) is 11.9 Å². The van der Waals surface area contributed by atoms with Crippen LogP contribution in [-0.4, -0.2) is 51.6 Å². The Hall–Kier alpha value is -1.07. The Kier molecular flexibility index (Phi) is 4.32. The van der Waals surface area contributed by atoms with Gasteiger partial charge in [-0.05, 0) is 6.42 Å². The fourth-order valence-electron chi connectivity index (χ4n) is 2.02. The van der Waals surface area contributed by atoms with Gasteiger partial charge in [-0.25, -0.2) is 4.79 Å². The molecule has 0 saturated carbocycles. The van der Waals surface area contributed by atoms with Gasteiger partial charge < -0.3 is 15.1 Å². The number of carbonyl (C=O) groups excluding carboxylic acids is 1. The second-order valence-corrected chi connectivity index (χ2v) is 3.99. The average molecular weight is 248 g/mol. The van der Waals surface area contributed by atoms with Gasteiger partial charge in [0.05, 0.1) is 6.10 Å². The lowest BCUT2D eigenvalue weighted by molar-refractivity contribution is -0.148. The highest BCUT2D eigenvalue weighted by Crippen LogP contribution is 2.28. The fourth-order valence-corrected chi connectivity index (χ4v) is 2.17. The number of hydrogen-bond acceptors (Lipinski definition) is 3. The third kappa shape index (κ3) is 2.36. The largest absolute Gasteiger partial charge is 0.480 e. The van der Waals surface area contributed by atoms with Crippen molar-refractivity contribution >= 4 is 23.5 Å². The minimum atomic E-state index is -1.12. The van der Waals surface area contributed by atoms with E-state index >= 15 is 0 Å². The van der Waals surface area contributed by atoms with Gasteiger partial charge in [0.2, 0.25) is 5.91 Å². The Labute approximate surface area is 98.3 Å². The van der Waals surface area contributed by atoms with Crippen molar-refractivity contribution in [2.75, 3.05) is 12.4 Å². The zero-order valence-corrected chi connectivity index (χ0v) is 9.43. The summed E-state index contributed by atoms with van der Waals surface area (Å²) < 4.78 is 0. The number of aliphatic hydroxyl groups is 1. The van der Waals surface area contributed by atoms with Crippen molar-refractivity contribution in [3.63, 3.8) is 0 Å². The summed E-state index contributed by atoms with van der Waals surface area (Å²) in [5.74, 6) is -2.39. The molecule has 16 heavy (non-hydrogen) atoms. The molecule has 0 aromatic rings. The highest BCUT2D eigenvalue weighted by atomic mass is 35.5. The number of amides is 1. The molecule has 0 radical (unpaired) electrons. The highest BCUT2D eigenvalue weighted by molar-refractivity contribution is 6.27. The molecule has 2 N–H and O–H groups in total. The minimum absolute atomic E-state index is 0.0149. The second kappa shape index (κ2) is 5.32. The van der Waals surface area contributed by atoms with Crippen molar-refractivity contribution in [2.24, 2.45) is 5.92 Å². The lowest BCUT2D eigenvalue weighted by atomic mass is 9.94. The normalized spacial score (nSPS) is 29.1. The first-order chi connectivity index (χ1) is 7.52. The number of rotatable bonds is 4. The van der Waals surface area contributed by atoms with Crippen molar-refractivity contribution in [3.8, 4) is 0 Å². The van der Waals surface area contributed by atoms with Gasteiger partial charge >= 0.3 is 5.97 Å². The molecule has 0 spiro atoms. The maximum Gasteiger partial charge on any atom is 0.326 e. The Morgan fingerprint density at radius 3 is 2.62 bits per heavy atom. The molecule has 5 nitrogen and oxygen atoms in total. The molecule has 3 atom stereocenters. The maximum absolute atomic E-state index is 11.4. The number of nitrogens with zero attached hydrogens (tertiary/aromatic N) is 1. The van der Waals surface area contributed by atoms with Gasteiger partial charge in [-0.15, -0.1) is 18.2 Å². The van der Waals surface area contributed by atoms with Gasteiger partial charge in [0, 0.05) is 12.5 Å². The number of aliphatic carboxylic acids is 1. The molecule has 0 aromatic carbocycles. The molecule has 1 amide bonds. The number of β-amino-alcohol motifs (C(OH)–C–C–N with tert-alkyl or cyclic N) is 1. The van der Waals surface area contributed by atoms with E-state index in [4.69, 9.17) is 16.7 Å². The summed E-state index contributed by atoms with van der Waals surface area (Å²) in [6.07, 6.45) is 1.05. The summed E-state index contributed by atoms with van der Waals surface area (Å²) in [5, 5.41) is 18.8. The van der Waals surface area contributed by atoms with Gasteiger partial charge in [-0.2, -0.15) is 0 Å². The van der Waals surface area contributed by atoms with Crippen LogP contribution in [0, 0.1) is 5.92 Å². The highest BCUT2D eigenvalue weighted by Gasteiger charge is 2.46. The second-order valence-electron chi connectivity index (χ2n) is 3.72. The van der Waals surface area contributed by atoms with Crippen LogP contribution in [0.2, 0.25) is 0 Å². The SMILES string of the molecule is C=CCC1C(O)CN(C(=O)CCl)[C@H]1C(=O)O. The Morgan fingerprint density at radius 2 is 2.19 bits per heavy atom. The van der Waals surface area contributed by atoms with E-state index in [1.54, 1.807) is 6.08 Å². The van der Waals surface area contributed by atoms with Crippen molar-refractivity contribution < 1.29 is 19.8 Å². The Balaban J connectivity index is 2.92. The number of allylic oxidation sites excluding steroid dienone is 1. The van der Waals surface area contributed by atoms with Crippen molar-refractivity contribution in [1.82, 2.24) is 4.90 Å². The predicted molar refractivity (Wildman–Crippen MR) is 58.2 cm³/mol. The van der Waals surface area contributed by atoms with Crippen molar-refractivity contribution in [3.05, 3.63) is 12.7 Å². The molecule has 1 rings (SSSR count). The van der Waals surface area contributed by atoms with Crippen LogP contribution in [0.1, 0.15) is 6.42 Å². The van der Waals surface area contributed by atoms with Crippen LogP contribution in [0.3, 0.4) is 0 Å². The summed E-state index contributed by atoms with van der Waals surface area (Å²) in [7, 11) is 0. The van der Waals surface area contributed by atoms with E-state index in [1.807, 2.05) is 0 Å². The van der Waals surface area contributed by atoms with E-state index in [-0.39, 0.29) is 12.4 Å². The number of aliphatic hydroxyl groups excluding tert-OH is 1. The first kappa shape index (κ1) is 13.0. The molecule has 1 aliphatic heterocycles. The summed E-state index contributed by atoms with van der Waals surface area (Å²) in [5.41, 5.74) is 0. The molecular weight excluding hydrogens is 234 g/mol. The summed E-state index contributed by atoms with van der Waals surface area (Å²) in [6.45, 7) is 3.52. The van der Waals surface area contributed by atoms with Crippen LogP contribution in [-0.2, 0) is 9.59 Å². The molecular formula is C10H14ClNO4. The predicted octanol–water partition coefficient (Wildman–Crippen LogP) is 0.0738. The van der Waals surface area contributed by atoms with Crippen molar-refractivity contribution in [2.45, 2.75) is 18.6 Å². The van der Waals surface area contributed by atoms with Gasteiger partial charge in [0.25, 0.3) is 0 Å². The molecule has 1 saturated heterocycles. The van der Waals surface area contributed by atoms with E-state index in [0.29, 0.717) is 6.42 Å². The van der Waals surface area contributed by atoms with E-state index in [9.17, 15) is 14.7 Å². The average Bonchev–Trinajstić information content (AvgIpc) is 2.56. The third-order valence-corrected chi connectivity index (χ3v) is 2.97. The summed E-state index contributed by atoms with van der Waals surface area (Å²) >= 11 is 5.39. The number of alkyl halides is 1. The monoisotopic (exact) mass is 247 g/mol. The number of halogens is 1. The van der Waals surface area contributed by atoms with E-state index < -0.39 is 29.9 Å². The van der Waals surface area contributed by atoms with Gasteiger partial charge in [-0.3, -0.25) is 4.79 Å². The molecule has 1 aliphatic rings. The van der Waals surface area contributed by atoms with Crippen LogP contribution in [0.25, 0.3) is 0 Å². The van der Waals surface area contributed by atoms with Crippen LogP contribution in [0.4, 0.5) is 0 Å². The minimum Gasteiger partial charge on any atom is -0.480 e. The van der Waals surface area contributed by atoms with Gasteiger partial charge in [0.15, 0.2) is 0 Å². The Morgan fingerprint density at radius 1 is 1.56 bits per heavy atom. The lowest BCUT2D eigenvalue weighted by Crippen LogP contribution is -2.43. The first-order valence-corrected chi connectivity index (χ1v) is 5.43. The molecule has 1 fully saturated rings. The summed E-state index contributed by atoms with van der Waals surface area (Å²) in [6, 6.07) is -1.01.